The first-order valence-electron chi connectivity index (χ1n) is 7.99. The Bertz CT molecular complexity index is 421. The number of hydrogen-bond donors (Lipinski definition) is 1. The second-order valence-electron chi connectivity index (χ2n) is 7.13. The number of benzene rings is 1. The SMILES string of the molecule is CCN(c1ccccc1CNC(C)(C)C)C(C)CN(C)C. The van der Waals surface area contributed by atoms with E-state index in [9.17, 15) is 0 Å². The zero-order chi connectivity index (χ0) is 16.0. The Morgan fingerprint density at radius 2 is 1.76 bits per heavy atom. The summed E-state index contributed by atoms with van der Waals surface area (Å²) in [6, 6.07) is 9.25. The molecular formula is C18H33N3. The van der Waals surface area contributed by atoms with Crippen molar-refractivity contribution in [3.05, 3.63) is 29.8 Å². The van der Waals surface area contributed by atoms with Gasteiger partial charge in [0.2, 0.25) is 0 Å². The molecule has 120 valence electrons. The van der Waals surface area contributed by atoms with Crippen molar-refractivity contribution in [2.75, 3.05) is 32.1 Å². The number of hydrogen-bond acceptors (Lipinski definition) is 3. The number of nitrogens with zero attached hydrogens (tertiary/aromatic N) is 2. The Hall–Kier alpha value is -1.06. The van der Waals surface area contributed by atoms with Gasteiger partial charge in [-0.3, -0.25) is 0 Å². The molecule has 0 aliphatic rings. The summed E-state index contributed by atoms with van der Waals surface area (Å²) in [4.78, 5) is 4.75. The summed E-state index contributed by atoms with van der Waals surface area (Å²) in [5, 5.41) is 3.60. The molecule has 0 bridgehead atoms. The Balaban J connectivity index is 2.93. The largest absolute Gasteiger partial charge is 0.368 e. The van der Waals surface area contributed by atoms with Gasteiger partial charge in [-0.25, -0.2) is 0 Å². The molecule has 0 saturated heterocycles. The Labute approximate surface area is 131 Å². The third-order valence-electron chi connectivity index (χ3n) is 3.61. The number of nitrogens with one attached hydrogen (secondary N) is 1. The van der Waals surface area contributed by atoms with E-state index < -0.39 is 0 Å². The monoisotopic (exact) mass is 291 g/mol. The molecule has 0 fully saturated rings. The van der Waals surface area contributed by atoms with Crippen molar-refractivity contribution in [2.24, 2.45) is 0 Å². The number of para-hydroxylation sites is 1. The molecule has 0 aliphatic heterocycles. The van der Waals surface area contributed by atoms with Crippen LogP contribution in [0.25, 0.3) is 0 Å². The van der Waals surface area contributed by atoms with Gasteiger partial charge in [0.15, 0.2) is 0 Å². The average molecular weight is 291 g/mol. The average Bonchev–Trinajstić information content (AvgIpc) is 2.36. The van der Waals surface area contributed by atoms with Crippen LogP contribution in [-0.2, 0) is 6.54 Å². The van der Waals surface area contributed by atoms with Gasteiger partial charge in [-0.1, -0.05) is 18.2 Å². The smallest absolute Gasteiger partial charge is 0.0414 e. The van der Waals surface area contributed by atoms with Crippen LogP contribution in [-0.4, -0.2) is 43.7 Å². The van der Waals surface area contributed by atoms with Crippen molar-refractivity contribution in [3.63, 3.8) is 0 Å². The van der Waals surface area contributed by atoms with Gasteiger partial charge < -0.3 is 15.1 Å². The summed E-state index contributed by atoms with van der Waals surface area (Å²) < 4.78 is 0. The summed E-state index contributed by atoms with van der Waals surface area (Å²) in [6.07, 6.45) is 0. The molecule has 3 nitrogen and oxygen atoms in total. The van der Waals surface area contributed by atoms with E-state index in [2.05, 4.69) is 88.1 Å². The van der Waals surface area contributed by atoms with E-state index in [1.807, 2.05) is 0 Å². The molecule has 1 aromatic carbocycles. The molecule has 3 heteroatoms. The van der Waals surface area contributed by atoms with Gasteiger partial charge in [0, 0.05) is 36.9 Å². The minimum Gasteiger partial charge on any atom is -0.368 e. The summed E-state index contributed by atoms with van der Waals surface area (Å²) in [7, 11) is 4.27. The van der Waals surface area contributed by atoms with Gasteiger partial charge in [-0.2, -0.15) is 0 Å². The zero-order valence-electron chi connectivity index (χ0n) is 14.9. The van der Waals surface area contributed by atoms with E-state index in [1.165, 1.54) is 11.3 Å². The molecule has 21 heavy (non-hydrogen) atoms. The van der Waals surface area contributed by atoms with Crippen molar-refractivity contribution in [3.8, 4) is 0 Å². The van der Waals surface area contributed by atoms with Gasteiger partial charge in [-0.05, 0) is 60.3 Å². The molecular weight excluding hydrogens is 258 g/mol. The first-order chi connectivity index (χ1) is 9.74. The molecule has 1 aromatic rings. The maximum absolute atomic E-state index is 3.60. The summed E-state index contributed by atoms with van der Waals surface area (Å²) in [5.74, 6) is 0. The van der Waals surface area contributed by atoms with E-state index in [-0.39, 0.29) is 5.54 Å². The van der Waals surface area contributed by atoms with Gasteiger partial charge in [0.25, 0.3) is 0 Å². The Kier molecular flexibility index (Phi) is 6.69. The van der Waals surface area contributed by atoms with E-state index in [1.54, 1.807) is 0 Å². The van der Waals surface area contributed by atoms with Crippen LogP contribution in [0.1, 0.15) is 40.2 Å². The van der Waals surface area contributed by atoms with E-state index in [0.717, 1.165) is 19.6 Å². The molecule has 0 aromatic heterocycles. The lowest BCUT2D eigenvalue weighted by atomic mass is 10.1. The van der Waals surface area contributed by atoms with Gasteiger partial charge >= 0.3 is 0 Å². The van der Waals surface area contributed by atoms with Crippen LogP contribution in [0.4, 0.5) is 5.69 Å². The Morgan fingerprint density at radius 3 is 2.29 bits per heavy atom. The van der Waals surface area contributed by atoms with Gasteiger partial charge in [0.05, 0.1) is 0 Å². The van der Waals surface area contributed by atoms with Crippen molar-refractivity contribution < 1.29 is 0 Å². The highest BCUT2D eigenvalue weighted by molar-refractivity contribution is 5.54. The molecule has 0 saturated carbocycles. The maximum atomic E-state index is 3.60. The molecule has 0 spiro atoms. The highest BCUT2D eigenvalue weighted by Gasteiger charge is 2.17. The molecule has 1 atom stereocenters. The lowest BCUT2D eigenvalue weighted by Gasteiger charge is -2.34. The molecule has 0 aliphatic carbocycles. The van der Waals surface area contributed by atoms with E-state index in [4.69, 9.17) is 0 Å². The fourth-order valence-corrected chi connectivity index (χ4v) is 2.65. The summed E-state index contributed by atoms with van der Waals surface area (Å²) >= 11 is 0. The van der Waals surface area contributed by atoms with E-state index in [0.29, 0.717) is 6.04 Å². The van der Waals surface area contributed by atoms with Crippen LogP contribution in [0.2, 0.25) is 0 Å². The molecule has 0 radical (unpaired) electrons. The van der Waals surface area contributed by atoms with Crippen LogP contribution < -0.4 is 10.2 Å². The molecule has 1 N–H and O–H groups in total. The second kappa shape index (κ2) is 7.81. The minimum absolute atomic E-state index is 0.138. The summed E-state index contributed by atoms with van der Waals surface area (Å²) in [6.45, 7) is 14.2. The van der Waals surface area contributed by atoms with Crippen LogP contribution in [0.5, 0.6) is 0 Å². The van der Waals surface area contributed by atoms with Gasteiger partial charge in [-0.15, -0.1) is 0 Å². The fourth-order valence-electron chi connectivity index (χ4n) is 2.65. The highest BCUT2D eigenvalue weighted by atomic mass is 15.2. The number of anilines is 1. The third-order valence-corrected chi connectivity index (χ3v) is 3.61. The van der Waals surface area contributed by atoms with Crippen molar-refractivity contribution in [2.45, 2.75) is 52.7 Å². The second-order valence-corrected chi connectivity index (χ2v) is 7.13. The zero-order valence-corrected chi connectivity index (χ0v) is 14.9. The molecule has 0 heterocycles. The molecule has 0 amide bonds. The quantitative estimate of drug-likeness (QED) is 0.831. The first-order valence-corrected chi connectivity index (χ1v) is 7.99. The predicted molar refractivity (Wildman–Crippen MR) is 94.1 cm³/mol. The van der Waals surface area contributed by atoms with E-state index >= 15 is 0 Å². The van der Waals surface area contributed by atoms with Crippen molar-refractivity contribution in [1.82, 2.24) is 10.2 Å². The van der Waals surface area contributed by atoms with Crippen molar-refractivity contribution >= 4 is 5.69 Å². The van der Waals surface area contributed by atoms with Crippen LogP contribution in [0, 0.1) is 0 Å². The third kappa shape index (κ3) is 6.06. The first kappa shape index (κ1) is 18.0. The number of likely N-dealkylation sites (N-methyl/N-ethyl adjacent to an activating group) is 2. The maximum Gasteiger partial charge on any atom is 0.0414 e. The topological polar surface area (TPSA) is 18.5 Å². The molecule has 1 unspecified atom stereocenters. The standard InChI is InChI=1S/C18H33N3/c1-8-21(15(2)14-20(6)7)17-12-10-9-11-16(17)13-19-18(3,4)5/h9-12,15,19H,8,13-14H2,1-7H3. The van der Waals surface area contributed by atoms with Crippen LogP contribution >= 0.6 is 0 Å². The lowest BCUT2D eigenvalue weighted by molar-refractivity contribution is 0.372. The lowest BCUT2D eigenvalue weighted by Crippen LogP contribution is -2.41. The Morgan fingerprint density at radius 1 is 1.14 bits per heavy atom. The number of rotatable bonds is 7. The fraction of sp³-hybridized carbons (Fsp3) is 0.667. The minimum atomic E-state index is 0.138. The molecule has 1 rings (SSSR count). The summed E-state index contributed by atoms with van der Waals surface area (Å²) in [5.41, 5.74) is 2.87. The predicted octanol–water partition coefficient (Wildman–Crippen LogP) is 3.35. The van der Waals surface area contributed by atoms with Gasteiger partial charge in [0.1, 0.15) is 0 Å². The highest BCUT2D eigenvalue weighted by Crippen LogP contribution is 2.23. The van der Waals surface area contributed by atoms with Crippen LogP contribution in [0.15, 0.2) is 24.3 Å². The van der Waals surface area contributed by atoms with Crippen molar-refractivity contribution in [1.29, 1.82) is 0 Å². The normalized spacial score (nSPS) is 13.5. The van der Waals surface area contributed by atoms with Crippen LogP contribution in [0.3, 0.4) is 0 Å².